The van der Waals surface area contributed by atoms with E-state index in [1.165, 1.54) is 0 Å². The van der Waals surface area contributed by atoms with Gasteiger partial charge in [-0.2, -0.15) is 0 Å². The topological polar surface area (TPSA) is 89.0 Å². The summed E-state index contributed by atoms with van der Waals surface area (Å²) in [6.45, 7) is 3.25. The van der Waals surface area contributed by atoms with Crippen molar-refractivity contribution < 1.29 is 9.52 Å². The van der Waals surface area contributed by atoms with Crippen LogP contribution < -0.4 is 5.32 Å². The first kappa shape index (κ1) is 20.4. The van der Waals surface area contributed by atoms with Gasteiger partial charge in [0.05, 0.1) is 12.6 Å². The van der Waals surface area contributed by atoms with Crippen molar-refractivity contribution >= 4 is 24.2 Å². The Hall–Kier alpha value is -1.87. The van der Waals surface area contributed by atoms with Crippen molar-refractivity contribution in [3.05, 3.63) is 47.7 Å². The monoisotopic (exact) mass is 395 g/mol. The minimum atomic E-state index is -0.458. The molecule has 7 nitrogen and oxygen atoms in total. The van der Waals surface area contributed by atoms with Crippen molar-refractivity contribution in [2.24, 2.45) is 7.05 Å². The number of aliphatic hydroxyl groups is 1. The van der Waals surface area contributed by atoms with Crippen LogP contribution in [0.2, 0.25) is 0 Å². The number of halogens is 1. The fourth-order valence-corrected chi connectivity index (χ4v) is 3.07. The van der Waals surface area contributed by atoms with Crippen LogP contribution >= 0.6 is 24.2 Å². The van der Waals surface area contributed by atoms with Gasteiger partial charge in [0.2, 0.25) is 5.16 Å². The number of thioether (sulfide) groups is 1. The molecule has 0 saturated heterocycles. The number of hydrogen-bond acceptors (Lipinski definition) is 7. The molecule has 0 aliphatic rings. The van der Waals surface area contributed by atoms with E-state index >= 15 is 0 Å². The number of nitrogens with zero attached hydrogens (tertiary/aromatic N) is 4. The highest BCUT2D eigenvalue weighted by Crippen LogP contribution is 2.24. The van der Waals surface area contributed by atoms with Crippen molar-refractivity contribution in [3.8, 4) is 11.3 Å². The van der Waals surface area contributed by atoms with Crippen LogP contribution in [0.1, 0.15) is 24.4 Å². The van der Waals surface area contributed by atoms with Gasteiger partial charge in [0.1, 0.15) is 11.5 Å². The molecular formula is C17H22ClN5O2S. The van der Waals surface area contributed by atoms with Gasteiger partial charge >= 0.3 is 0 Å². The zero-order valence-corrected chi connectivity index (χ0v) is 16.3. The maximum atomic E-state index is 9.56. The van der Waals surface area contributed by atoms with E-state index in [0.717, 1.165) is 40.1 Å². The summed E-state index contributed by atoms with van der Waals surface area (Å²) in [5, 5.41) is 25.0. The fourth-order valence-electron chi connectivity index (χ4n) is 2.32. The lowest BCUT2D eigenvalue weighted by molar-refractivity contribution is 0.199. The van der Waals surface area contributed by atoms with Crippen molar-refractivity contribution in [2.75, 3.05) is 12.3 Å². The Morgan fingerprint density at radius 1 is 1.23 bits per heavy atom. The number of aromatic nitrogens is 4. The number of benzene rings is 1. The first-order valence-corrected chi connectivity index (χ1v) is 9.05. The second kappa shape index (κ2) is 9.72. The van der Waals surface area contributed by atoms with E-state index < -0.39 is 6.10 Å². The van der Waals surface area contributed by atoms with Crippen LogP contribution in [-0.2, 0) is 13.6 Å². The molecule has 0 saturated carbocycles. The lowest BCUT2D eigenvalue weighted by Gasteiger charge is -2.05. The van der Waals surface area contributed by atoms with Crippen molar-refractivity contribution in [2.45, 2.75) is 24.7 Å². The van der Waals surface area contributed by atoms with E-state index in [1.54, 1.807) is 23.4 Å². The number of aliphatic hydroxyl groups excluding tert-OH is 1. The van der Waals surface area contributed by atoms with Gasteiger partial charge < -0.3 is 14.8 Å². The number of furan rings is 1. The van der Waals surface area contributed by atoms with Gasteiger partial charge in [-0.3, -0.25) is 0 Å². The predicted molar refractivity (Wildman–Crippen MR) is 103 cm³/mol. The van der Waals surface area contributed by atoms with Gasteiger partial charge in [0.25, 0.3) is 0 Å². The van der Waals surface area contributed by atoms with Gasteiger partial charge in [0, 0.05) is 24.9 Å². The average molecular weight is 396 g/mol. The van der Waals surface area contributed by atoms with Crippen LogP contribution in [0.5, 0.6) is 0 Å². The van der Waals surface area contributed by atoms with Crippen LogP contribution in [0.15, 0.2) is 46.0 Å². The molecule has 2 aromatic heterocycles. The molecule has 1 aromatic carbocycles. The molecule has 3 rings (SSSR count). The highest BCUT2D eigenvalue weighted by atomic mass is 35.5. The maximum Gasteiger partial charge on any atom is 0.209 e. The number of nitrogens with one attached hydrogen (secondary N) is 1. The van der Waals surface area contributed by atoms with Gasteiger partial charge in [-0.25, -0.2) is 4.68 Å². The van der Waals surface area contributed by atoms with Crippen molar-refractivity contribution in [1.29, 1.82) is 0 Å². The summed E-state index contributed by atoms with van der Waals surface area (Å²) in [6, 6.07) is 11.7. The molecule has 2 N–H and O–H groups in total. The number of rotatable bonds is 8. The molecule has 0 fully saturated rings. The lowest BCUT2D eigenvalue weighted by Crippen LogP contribution is -2.16. The molecular weight excluding hydrogens is 374 g/mol. The van der Waals surface area contributed by atoms with E-state index in [2.05, 4.69) is 20.8 Å². The standard InChI is InChI=1S/C17H21N5O2S.ClH/c1-12(23)13-3-5-14(6-4-13)16-8-7-15(24-16)11-18-9-10-25-17-19-20-21-22(17)2;/h3-8,12,18,23H,9-11H2,1-2H3;1H. The predicted octanol–water partition coefficient (Wildman–Crippen LogP) is 2.83. The second-order valence-electron chi connectivity index (χ2n) is 5.67. The van der Waals surface area contributed by atoms with Gasteiger partial charge in [0.15, 0.2) is 0 Å². The zero-order chi connectivity index (χ0) is 17.6. The lowest BCUT2D eigenvalue weighted by atomic mass is 10.1. The summed E-state index contributed by atoms with van der Waals surface area (Å²) in [7, 11) is 1.83. The molecule has 140 valence electrons. The SMILES string of the molecule is CC(O)c1ccc(-c2ccc(CNCCSc3nnnn3C)o2)cc1.Cl. The largest absolute Gasteiger partial charge is 0.460 e. The highest BCUT2D eigenvalue weighted by molar-refractivity contribution is 7.99. The number of aryl methyl sites for hydroxylation is 1. The molecule has 1 atom stereocenters. The minimum absolute atomic E-state index is 0. The average Bonchev–Trinajstić information content (AvgIpc) is 3.24. The third-order valence-corrected chi connectivity index (χ3v) is 4.74. The summed E-state index contributed by atoms with van der Waals surface area (Å²) in [6.07, 6.45) is -0.458. The molecule has 0 aliphatic heterocycles. The van der Waals surface area contributed by atoms with E-state index in [9.17, 15) is 5.11 Å². The number of hydrogen-bond donors (Lipinski definition) is 2. The summed E-state index contributed by atoms with van der Waals surface area (Å²) in [5.41, 5.74) is 1.90. The van der Waals surface area contributed by atoms with Crippen molar-refractivity contribution in [3.63, 3.8) is 0 Å². The van der Waals surface area contributed by atoms with Crippen LogP contribution in [0.4, 0.5) is 0 Å². The molecule has 2 heterocycles. The van der Waals surface area contributed by atoms with Gasteiger partial charge in [-0.15, -0.1) is 17.5 Å². The molecule has 1 unspecified atom stereocenters. The minimum Gasteiger partial charge on any atom is -0.460 e. The van der Waals surface area contributed by atoms with E-state index in [4.69, 9.17) is 4.42 Å². The number of tetrazole rings is 1. The Labute approximate surface area is 162 Å². The summed E-state index contributed by atoms with van der Waals surface area (Å²) in [5.74, 6) is 2.59. The third-order valence-electron chi connectivity index (χ3n) is 3.73. The molecule has 0 radical (unpaired) electrons. The normalized spacial score (nSPS) is 12.0. The second-order valence-corrected chi connectivity index (χ2v) is 6.74. The Kier molecular flexibility index (Phi) is 7.65. The smallest absolute Gasteiger partial charge is 0.209 e. The molecule has 26 heavy (non-hydrogen) atoms. The molecule has 0 bridgehead atoms. The van der Waals surface area contributed by atoms with E-state index in [1.807, 2.05) is 43.4 Å². The fraction of sp³-hybridized carbons (Fsp3) is 0.353. The summed E-state index contributed by atoms with van der Waals surface area (Å²) in [4.78, 5) is 0. The molecule has 0 amide bonds. The molecule has 9 heteroatoms. The van der Waals surface area contributed by atoms with E-state index in [-0.39, 0.29) is 12.4 Å². The Balaban J connectivity index is 0.00000243. The van der Waals surface area contributed by atoms with Crippen LogP contribution in [0, 0.1) is 0 Å². The van der Waals surface area contributed by atoms with Gasteiger partial charge in [-0.1, -0.05) is 36.0 Å². The third kappa shape index (κ3) is 5.31. The van der Waals surface area contributed by atoms with Crippen LogP contribution in [0.25, 0.3) is 11.3 Å². The Morgan fingerprint density at radius 3 is 2.65 bits per heavy atom. The van der Waals surface area contributed by atoms with Crippen LogP contribution in [-0.4, -0.2) is 37.6 Å². The molecule has 3 aromatic rings. The summed E-state index contributed by atoms with van der Waals surface area (Å²) < 4.78 is 7.53. The van der Waals surface area contributed by atoms with E-state index in [0.29, 0.717) is 6.54 Å². The molecule has 0 spiro atoms. The van der Waals surface area contributed by atoms with Gasteiger partial charge in [-0.05, 0) is 35.0 Å². The Bertz CT molecular complexity index is 804. The van der Waals surface area contributed by atoms with Crippen molar-refractivity contribution in [1.82, 2.24) is 25.5 Å². The zero-order valence-electron chi connectivity index (χ0n) is 14.6. The quantitative estimate of drug-likeness (QED) is 0.447. The highest BCUT2D eigenvalue weighted by Gasteiger charge is 2.07. The first-order valence-electron chi connectivity index (χ1n) is 8.06. The Morgan fingerprint density at radius 2 is 2.00 bits per heavy atom. The molecule has 0 aliphatic carbocycles. The summed E-state index contributed by atoms with van der Waals surface area (Å²) >= 11 is 1.61. The van der Waals surface area contributed by atoms with Crippen LogP contribution in [0.3, 0.4) is 0 Å². The first-order chi connectivity index (χ1) is 12.1. The maximum absolute atomic E-state index is 9.56.